The van der Waals surface area contributed by atoms with Crippen LogP contribution in [0.1, 0.15) is 46.5 Å². The molecule has 0 spiro atoms. The Labute approximate surface area is 116 Å². The van der Waals surface area contributed by atoms with Crippen molar-refractivity contribution in [1.29, 1.82) is 0 Å². The molecule has 3 aliphatic rings. The Morgan fingerprint density at radius 2 is 2.05 bits per heavy atom. The fraction of sp³-hybridized carbons (Fsp3) is 0.938. The molecule has 3 nitrogen and oxygen atoms in total. The minimum atomic E-state index is -0.490. The molecule has 0 radical (unpaired) electrons. The van der Waals surface area contributed by atoms with Crippen molar-refractivity contribution in [2.75, 3.05) is 13.7 Å². The van der Waals surface area contributed by atoms with Gasteiger partial charge >= 0.3 is 0 Å². The first-order chi connectivity index (χ1) is 8.93. The van der Waals surface area contributed by atoms with Gasteiger partial charge in [-0.2, -0.15) is 0 Å². The van der Waals surface area contributed by atoms with Gasteiger partial charge in [0.2, 0.25) is 0 Å². The summed E-state index contributed by atoms with van der Waals surface area (Å²) >= 11 is 0. The zero-order valence-electron chi connectivity index (χ0n) is 12.6. The van der Waals surface area contributed by atoms with Gasteiger partial charge in [-0.3, -0.25) is 4.79 Å². The molecule has 2 saturated carbocycles. The molecule has 6 unspecified atom stereocenters. The molecule has 0 N–H and O–H groups in total. The van der Waals surface area contributed by atoms with E-state index in [4.69, 9.17) is 9.47 Å². The fourth-order valence-corrected chi connectivity index (χ4v) is 4.81. The molecule has 108 valence electrons. The third-order valence-corrected chi connectivity index (χ3v) is 6.47. The maximum atomic E-state index is 12.4. The van der Waals surface area contributed by atoms with E-state index in [1.807, 2.05) is 0 Å². The van der Waals surface area contributed by atoms with Crippen LogP contribution in [0.5, 0.6) is 0 Å². The lowest BCUT2D eigenvalue weighted by atomic mass is 9.51. The summed E-state index contributed by atoms with van der Waals surface area (Å²) in [4.78, 5) is 12.4. The Bertz CT molecular complexity index is 393. The molecule has 1 saturated heterocycles. The van der Waals surface area contributed by atoms with E-state index in [1.54, 1.807) is 7.11 Å². The van der Waals surface area contributed by atoms with Crippen LogP contribution in [0.2, 0.25) is 0 Å². The van der Waals surface area contributed by atoms with Crippen molar-refractivity contribution >= 4 is 5.78 Å². The van der Waals surface area contributed by atoms with Crippen molar-refractivity contribution in [3.8, 4) is 0 Å². The Hall–Kier alpha value is -0.410. The average molecular weight is 266 g/mol. The van der Waals surface area contributed by atoms with Crippen LogP contribution >= 0.6 is 0 Å². The molecule has 6 atom stereocenters. The summed E-state index contributed by atoms with van der Waals surface area (Å²) in [6.45, 7) is 7.66. The number of hydrogen-bond donors (Lipinski definition) is 0. The molecule has 2 aliphatic carbocycles. The number of carbonyl (C=O) groups is 1. The smallest absolute Gasteiger partial charge is 0.171 e. The van der Waals surface area contributed by atoms with Crippen molar-refractivity contribution in [1.82, 2.24) is 0 Å². The number of fused-ring (bicyclic) bond motifs is 2. The van der Waals surface area contributed by atoms with Crippen molar-refractivity contribution in [3.05, 3.63) is 0 Å². The molecule has 0 aromatic rings. The number of ether oxygens (including phenoxy) is 2. The van der Waals surface area contributed by atoms with E-state index in [-0.39, 0.29) is 11.3 Å². The molecule has 0 amide bonds. The molecule has 0 aromatic carbocycles. The number of methoxy groups -OCH3 is 1. The predicted molar refractivity (Wildman–Crippen MR) is 72.6 cm³/mol. The third kappa shape index (κ3) is 1.74. The van der Waals surface area contributed by atoms with Crippen molar-refractivity contribution in [2.45, 2.75) is 52.2 Å². The highest BCUT2D eigenvalue weighted by Gasteiger charge is 2.61. The minimum absolute atomic E-state index is 0.123. The number of rotatable bonds is 1. The van der Waals surface area contributed by atoms with Gasteiger partial charge < -0.3 is 9.47 Å². The van der Waals surface area contributed by atoms with E-state index in [1.165, 1.54) is 0 Å². The monoisotopic (exact) mass is 266 g/mol. The molecule has 3 fully saturated rings. The SMILES string of the molecule is COC12CC3C(=O)CCC(C)C3(C)CC1C(C)CO2. The number of ketones is 1. The standard InChI is InChI=1S/C16H26O3/c1-10-9-19-16(18-4)8-13-14(17)6-5-11(2)15(13,3)7-12(10)16/h10-13H,5-9H2,1-4H3. The molecule has 1 aliphatic heterocycles. The van der Waals surface area contributed by atoms with Crippen LogP contribution in [0.15, 0.2) is 0 Å². The molecule has 3 heteroatoms. The van der Waals surface area contributed by atoms with E-state index in [0.29, 0.717) is 23.5 Å². The van der Waals surface area contributed by atoms with Gasteiger partial charge in [0.05, 0.1) is 6.61 Å². The first kappa shape index (κ1) is 13.6. The highest BCUT2D eigenvalue weighted by molar-refractivity contribution is 5.83. The van der Waals surface area contributed by atoms with Crippen molar-refractivity contribution in [3.63, 3.8) is 0 Å². The van der Waals surface area contributed by atoms with Gasteiger partial charge in [-0.05, 0) is 30.1 Å². The van der Waals surface area contributed by atoms with Crippen LogP contribution < -0.4 is 0 Å². The van der Waals surface area contributed by atoms with E-state index in [9.17, 15) is 4.79 Å². The molecular formula is C16H26O3. The molecule has 1 heterocycles. The number of hydrogen-bond acceptors (Lipinski definition) is 3. The lowest BCUT2D eigenvalue weighted by Gasteiger charge is -2.55. The van der Waals surface area contributed by atoms with E-state index < -0.39 is 5.79 Å². The summed E-state index contributed by atoms with van der Waals surface area (Å²) in [5, 5.41) is 0. The Kier molecular flexibility index (Phi) is 3.06. The van der Waals surface area contributed by atoms with Gasteiger partial charge in [0, 0.05) is 31.8 Å². The maximum Gasteiger partial charge on any atom is 0.171 e. The summed E-state index contributed by atoms with van der Waals surface area (Å²) in [5.41, 5.74) is 0.143. The van der Waals surface area contributed by atoms with Crippen LogP contribution in [-0.4, -0.2) is 25.3 Å². The van der Waals surface area contributed by atoms with Crippen LogP contribution in [-0.2, 0) is 14.3 Å². The quantitative estimate of drug-likeness (QED) is 0.732. The van der Waals surface area contributed by atoms with Gasteiger partial charge in [0.25, 0.3) is 0 Å². The van der Waals surface area contributed by atoms with Gasteiger partial charge in [-0.15, -0.1) is 0 Å². The molecular weight excluding hydrogens is 240 g/mol. The molecule has 3 rings (SSSR count). The number of carbonyl (C=O) groups excluding carboxylic acids is 1. The van der Waals surface area contributed by atoms with Gasteiger partial charge in [-0.1, -0.05) is 20.8 Å². The third-order valence-electron chi connectivity index (χ3n) is 6.47. The number of Topliss-reactive ketones (excluding diaryl/α,β-unsaturated/α-hetero) is 1. The topological polar surface area (TPSA) is 35.5 Å². The summed E-state index contributed by atoms with van der Waals surface area (Å²) in [5.74, 6) is 1.65. The highest BCUT2D eigenvalue weighted by atomic mass is 16.7. The summed E-state index contributed by atoms with van der Waals surface area (Å²) < 4.78 is 11.8. The van der Waals surface area contributed by atoms with Crippen LogP contribution in [0.25, 0.3) is 0 Å². The second kappa shape index (κ2) is 4.29. The first-order valence-electron chi connectivity index (χ1n) is 7.65. The van der Waals surface area contributed by atoms with Crippen LogP contribution in [0.4, 0.5) is 0 Å². The van der Waals surface area contributed by atoms with Crippen molar-refractivity contribution < 1.29 is 14.3 Å². The molecule has 0 bridgehead atoms. The molecule has 19 heavy (non-hydrogen) atoms. The fourth-order valence-electron chi connectivity index (χ4n) is 4.81. The minimum Gasteiger partial charge on any atom is -0.353 e. The van der Waals surface area contributed by atoms with Gasteiger partial charge in [0.1, 0.15) is 5.78 Å². The van der Waals surface area contributed by atoms with Crippen LogP contribution in [0.3, 0.4) is 0 Å². The lowest BCUT2D eigenvalue weighted by molar-refractivity contribution is -0.258. The Morgan fingerprint density at radius 1 is 1.32 bits per heavy atom. The Morgan fingerprint density at radius 3 is 2.74 bits per heavy atom. The largest absolute Gasteiger partial charge is 0.353 e. The second-order valence-corrected chi connectivity index (χ2v) is 7.28. The average Bonchev–Trinajstić information content (AvgIpc) is 2.71. The van der Waals surface area contributed by atoms with E-state index in [0.717, 1.165) is 32.3 Å². The normalized spacial score (nSPS) is 53.8. The van der Waals surface area contributed by atoms with Gasteiger partial charge in [-0.25, -0.2) is 0 Å². The predicted octanol–water partition coefficient (Wildman–Crippen LogP) is 3.03. The summed E-state index contributed by atoms with van der Waals surface area (Å²) in [6.07, 6.45) is 3.62. The summed E-state index contributed by atoms with van der Waals surface area (Å²) in [6, 6.07) is 0. The zero-order chi connectivity index (χ0) is 13.8. The maximum absolute atomic E-state index is 12.4. The highest BCUT2D eigenvalue weighted by Crippen LogP contribution is 2.60. The van der Waals surface area contributed by atoms with E-state index >= 15 is 0 Å². The Balaban J connectivity index is 1.97. The van der Waals surface area contributed by atoms with Gasteiger partial charge in [0.15, 0.2) is 5.79 Å². The second-order valence-electron chi connectivity index (χ2n) is 7.28. The summed E-state index contributed by atoms with van der Waals surface area (Å²) in [7, 11) is 1.74. The first-order valence-corrected chi connectivity index (χ1v) is 7.65. The molecule has 0 aromatic heterocycles. The van der Waals surface area contributed by atoms with Crippen molar-refractivity contribution in [2.24, 2.45) is 29.1 Å². The zero-order valence-corrected chi connectivity index (χ0v) is 12.6. The van der Waals surface area contributed by atoms with E-state index in [2.05, 4.69) is 20.8 Å². The lowest BCUT2D eigenvalue weighted by Crippen LogP contribution is -2.56. The van der Waals surface area contributed by atoms with Crippen LogP contribution in [0, 0.1) is 29.1 Å².